The molecule has 1 fully saturated rings. The Balaban J connectivity index is 2.31. The summed E-state index contributed by atoms with van der Waals surface area (Å²) in [6.07, 6.45) is 0. The highest BCUT2D eigenvalue weighted by atomic mass is 32.2. The topological polar surface area (TPSA) is 74.7 Å². The van der Waals surface area contributed by atoms with Crippen LogP contribution in [-0.4, -0.2) is 42.3 Å². The van der Waals surface area contributed by atoms with Crippen molar-refractivity contribution in [3.63, 3.8) is 0 Å². The molecule has 6 heteroatoms. The maximum atomic E-state index is 12.2. The first-order chi connectivity index (χ1) is 8.22. The predicted molar refractivity (Wildman–Crippen MR) is 65.8 cm³/mol. The van der Waals surface area contributed by atoms with Gasteiger partial charge in [0.15, 0.2) is 5.78 Å². The van der Waals surface area contributed by atoms with E-state index in [1.165, 1.54) is 23.4 Å². The maximum absolute atomic E-state index is 12.2. The average molecular weight is 269 g/mol. The third-order valence-corrected chi connectivity index (χ3v) is 4.70. The number of nitrogens with zero attached hydrogens (tertiary/aromatic N) is 1. The second-order valence-corrected chi connectivity index (χ2v) is 6.79. The number of ketones is 1. The van der Waals surface area contributed by atoms with Crippen molar-refractivity contribution in [1.29, 1.82) is 0 Å². The molecule has 1 heterocycles. The van der Waals surface area contributed by atoms with Gasteiger partial charge in [0.1, 0.15) is 0 Å². The van der Waals surface area contributed by atoms with E-state index in [0.29, 0.717) is 5.56 Å². The molecule has 1 aromatic rings. The first-order valence-electron chi connectivity index (χ1n) is 5.56. The van der Waals surface area contributed by atoms with Gasteiger partial charge in [0.25, 0.3) is 0 Å². The summed E-state index contributed by atoms with van der Waals surface area (Å²) in [6, 6.07) is 5.94. The number of hydrogen-bond acceptors (Lipinski definition) is 4. The fraction of sp³-hybridized carbons (Fsp3) is 0.417. The third kappa shape index (κ3) is 2.31. The fourth-order valence-corrected chi connectivity index (χ4v) is 3.63. The van der Waals surface area contributed by atoms with Crippen LogP contribution in [0.4, 0.5) is 0 Å². The number of carbonyl (C=O) groups excluding carboxylic acids is 1. The lowest BCUT2D eigenvalue weighted by molar-refractivity contribution is -0.0426. The molecule has 1 N–H and O–H groups in total. The minimum Gasteiger partial charge on any atom is -0.387 e. The monoisotopic (exact) mass is 269 g/mol. The van der Waals surface area contributed by atoms with Crippen LogP contribution >= 0.6 is 0 Å². The number of Topliss-reactive ketones (excluding diaryl/α,β-unsaturated/α-hetero) is 1. The van der Waals surface area contributed by atoms with E-state index in [1.54, 1.807) is 19.1 Å². The molecule has 0 unspecified atom stereocenters. The highest BCUT2D eigenvalue weighted by Crippen LogP contribution is 2.27. The van der Waals surface area contributed by atoms with Crippen LogP contribution in [0.1, 0.15) is 24.2 Å². The minimum atomic E-state index is -3.61. The first kappa shape index (κ1) is 13.2. The molecule has 98 valence electrons. The van der Waals surface area contributed by atoms with Gasteiger partial charge in [-0.3, -0.25) is 4.79 Å². The van der Waals surface area contributed by atoms with Crippen LogP contribution in [0.15, 0.2) is 29.2 Å². The molecule has 0 spiro atoms. The molecule has 1 aromatic carbocycles. The number of sulfonamides is 1. The van der Waals surface area contributed by atoms with Crippen molar-refractivity contribution in [2.75, 3.05) is 13.1 Å². The molecule has 0 aliphatic carbocycles. The van der Waals surface area contributed by atoms with E-state index >= 15 is 0 Å². The van der Waals surface area contributed by atoms with Crippen molar-refractivity contribution in [2.24, 2.45) is 0 Å². The van der Waals surface area contributed by atoms with E-state index in [9.17, 15) is 18.3 Å². The first-order valence-corrected chi connectivity index (χ1v) is 7.00. The molecule has 0 radical (unpaired) electrons. The highest BCUT2D eigenvalue weighted by molar-refractivity contribution is 7.89. The van der Waals surface area contributed by atoms with E-state index in [0.717, 1.165) is 0 Å². The molecule has 0 amide bonds. The van der Waals surface area contributed by atoms with Gasteiger partial charge in [-0.2, -0.15) is 4.31 Å². The molecule has 1 aliphatic heterocycles. The van der Waals surface area contributed by atoms with E-state index in [1.807, 2.05) is 0 Å². The third-order valence-electron chi connectivity index (χ3n) is 2.91. The summed E-state index contributed by atoms with van der Waals surface area (Å²) in [5.74, 6) is -0.178. The maximum Gasteiger partial charge on any atom is 0.243 e. The smallest absolute Gasteiger partial charge is 0.243 e. The van der Waals surface area contributed by atoms with E-state index in [2.05, 4.69) is 0 Å². The van der Waals surface area contributed by atoms with E-state index in [4.69, 9.17) is 0 Å². The lowest BCUT2D eigenvalue weighted by atomic mass is 10.0. The van der Waals surface area contributed by atoms with E-state index < -0.39 is 15.6 Å². The lowest BCUT2D eigenvalue weighted by Crippen LogP contribution is -2.61. The molecular formula is C12H15NO4S. The summed E-state index contributed by atoms with van der Waals surface area (Å²) in [7, 11) is -3.61. The Morgan fingerprint density at radius 1 is 1.39 bits per heavy atom. The second kappa shape index (κ2) is 4.15. The van der Waals surface area contributed by atoms with Crippen molar-refractivity contribution < 1.29 is 18.3 Å². The Kier molecular flexibility index (Phi) is 3.04. The molecular weight excluding hydrogens is 254 g/mol. The molecule has 2 rings (SSSR count). The van der Waals surface area contributed by atoms with Crippen molar-refractivity contribution in [2.45, 2.75) is 24.3 Å². The molecule has 0 atom stereocenters. The van der Waals surface area contributed by atoms with E-state index in [-0.39, 0.29) is 23.8 Å². The Morgan fingerprint density at radius 3 is 2.50 bits per heavy atom. The number of β-amino-alcohol motifs (C(OH)–C–C–N with tert-alkyl or cyclic N) is 1. The van der Waals surface area contributed by atoms with Gasteiger partial charge in [-0.15, -0.1) is 0 Å². The number of aliphatic hydroxyl groups is 1. The minimum absolute atomic E-state index is 0.0830. The zero-order valence-electron chi connectivity index (χ0n) is 10.3. The summed E-state index contributed by atoms with van der Waals surface area (Å²) >= 11 is 0. The van der Waals surface area contributed by atoms with Crippen molar-refractivity contribution >= 4 is 15.8 Å². The van der Waals surface area contributed by atoms with Gasteiger partial charge in [0.05, 0.1) is 10.5 Å². The Bertz CT molecular complexity index is 584. The summed E-state index contributed by atoms with van der Waals surface area (Å²) in [4.78, 5) is 11.3. The molecule has 1 saturated heterocycles. The summed E-state index contributed by atoms with van der Waals surface area (Å²) in [5, 5.41) is 9.58. The lowest BCUT2D eigenvalue weighted by Gasteiger charge is -2.42. The number of rotatable bonds is 3. The van der Waals surface area contributed by atoms with Gasteiger partial charge >= 0.3 is 0 Å². The largest absolute Gasteiger partial charge is 0.387 e. The van der Waals surface area contributed by atoms with Gasteiger partial charge in [-0.25, -0.2) is 8.42 Å². The van der Waals surface area contributed by atoms with Gasteiger partial charge in [-0.05, 0) is 26.0 Å². The standard InChI is InChI=1S/C12H15NO4S/c1-9(14)10-4-3-5-11(6-10)18(16,17)13-7-12(2,15)8-13/h3-6,15H,7-8H2,1-2H3. The fourth-order valence-electron chi connectivity index (χ4n) is 1.91. The van der Waals surface area contributed by atoms with Gasteiger partial charge in [0, 0.05) is 18.7 Å². The molecule has 0 bridgehead atoms. The van der Waals surface area contributed by atoms with Gasteiger partial charge < -0.3 is 5.11 Å². The van der Waals surface area contributed by atoms with Gasteiger partial charge in [0.2, 0.25) is 10.0 Å². The summed E-state index contributed by atoms with van der Waals surface area (Å²) in [6.45, 7) is 3.14. The molecule has 1 aliphatic rings. The van der Waals surface area contributed by atoms with Crippen LogP contribution in [0.2, 0.25) is 0 Å². The summed E-state index contributed by atoms with van der Waals surface area (Å²) < 4.78 is 25.6. The average Bonchev–Trinajstić information content (AvgIpc) is 2.26. The van der Waals surface area contributed by atoms with Crippen molar-refractivity contribution in [3.05, 3.63) is 29.8 Å². The quantitative estimate of drug-likeness (QED) is 0.817. The Labute approximate surface area is 106 Å². The second-order valence-electron chi connectivity index (χ2n) is 4.85. The van der Waals surface area contributed by atoms with Crippen LogP contribution < -0.4 is 0 Å². The number of hydrogen-bond donors (Lipinski definition) is 1. The molecule has 0 aromatic heterocycles. The van der Waals surface area contributed by atoms with Crippen LogP contribution in [-0.2, 0) is 10.0 Å². The zero-order chi connectivity index (χ0) is 13.6. The SMILES string of the molecule is CC(=O)c1cccc(S(=O)(=O)N2CC(C)(O)C2)c1. The molecule has 0 saturated carbocycles. The highest BCUT2D eigenvalue weighted by Gasteiger charge is 2.43. The predicted octanol–water partition coefficient (Wildman–Crippen LogP) is 0.645. The normalized spacial score (nSPS) is 19.3. The summed E-state index contributed by atoms with van der Waals surface area (Å²) in [5.41, 5.74) is -0.589. The molecule has 18 heavy (non-hydrogen) atoms. The Hall–Kier alpha value is -1.24. The van der Waals surface area contributed by atoms with Crippen molar-refractivity contribution in [1.82, 2.24) is 4.31 Å². The van der Waals surface area contributed by atoms with Gasteiger partial charge in [-0.1, -0.05) is 12.1 Å². The zero-order valence-corrected chi connectivity index (χ0v) is 11.1. The number of carbonyl (C=O) groups is 1. The van der Waals surface area contributed by atoms with Crippen molar-refractivity contribution in [3.8, 4) is 0 Å². The van der Waals surface area contributed by atoms with Crippen LogP contribution in [0.5, 0.6) is 0 Å². The Morgan fingerprint density at radius 2 is 2.00 bits per heavy atom. The number of benzene rings is 1. The van der Waals surface area contributed by atoms with Crippen LogP contribution in [0.3, 0.4) is 0 Å². The van der Waals surface area contributed by atoms with Crippen LogP contribution in [0.25, 0.3) is 0 Å². The van der Waals surface area contributed by atoms with Crippen LogP contribution in [0, 0.1) is 0 Å². The molecule has 5 nitrogen and oxygen atoms in total.